The van der Waals surface area contributed by atoms with Crippen molar-refractivity contribution < 1.29 is 9.59 Å². The van der Waals surface area contributed by atoms with Crippen LogP contribution < -0.4 is 16.2 Å². The minimum Gasteiger partial charge on any atom is -0.345 e. The number of hydrogen-bond acceptors (Lipinski definition) is 5. The van der Waals surface area contributed by atoms with E-state index in [2.05, 4.69) is 25.9 Å². The van der Waals surface area contributed by atoms with Crippen LogP contribution in [0.4, 0.5) is 5.69 Å². The number of anilines is 1. The van der Waals surface area contributed by atoms with E-state index >= 15 is 0 Å². The Morgan fingerprint density at radius 3 is 2.62 bits per heavy atom. The molecule has 0 unspecified atom stereocenters. The quantitative estimate of drug-likeness (QED) is 0.592. The van der Waals surface area contributed by atoms with Crippen LogP contribution in [-0.4, -0.2) is 38.3 Å². The summed E-state index contributed by atoms with van der Waals surface area (Å²) in [5, 5.41) is 15.5. The highest BCUT2D eigenvalue weighted by molar-refractivity contribution is 5.94. The van der Waals surface area contributed by atoms with E-state index in [1.165, 1.54) is 18.5 Å². The topological polar surface area (TPSA) is 122 Å². The summed E-state index contributed by atoms with van der Waals surface area (Å²) in [6.45, 7) is -0.504. The zero-order chi connectivity index (χ0) is 18.4. The molecule has 0 spiro atoms. The van der Waals surface area contributed by atoms with Gasteiger partial charge in [-0.15, -0.1) is 0 Å². The molecule has 0 saturated carbocycles. The molecule has 9 heteroatoms. The van der Waals surface area contributed by atoms with Crippen molar-refractivity contribution in [2.75, 3.05) is 11.9 Å². The smallest absolute Gasteiger partial charge is 0.267 e. The number of H-pyrrole nitrogens is 1. The Bertz CT molecular complexity index is 950. The van der Waals surface area contributed by atoms with E-state index in [9.17, 15) is 14.4 Å². The summed E-state index contributed by atoms with van der Waals surface area (Å²) < 4.78 is 1.06. The second-order valence-electron chi connectivity index (χ2n) is 5.39. The lowest BCUT2D eigenvalue weighted by atomic mass is 10.1. The summed E-state index contributed by atoms with van der Waals surface area (Å²) in [4.78, 5) is 35.7. The van der Waals surface area contributed by atoms with Gasteiger partial charge in [-0.2, -0.15) is 10.2 Å². The number of aromatic amines is 1. The zero-order valence-electron chi connectivity index (χ0n) is 13.7. The maximum absolute atomic E-state index is 12.0. The van der Waals surface area contributed by atoms with Crippen LogP contribution in [0.5, 0.6) is 0 Å². The molecule has 0 saturated heterocycles. The highest BCUT2D eigenvalue weighted by atomic mass is 16.2. The first kappa shape index (κ1) is 17.1. The third kappa shape index (κ3) is 4.41. The first-order chi connectivity index (χ1) is 12.6. The fourth-order valence-electron chi connectivity index (χ4n) is 2.22. The predicted octanol–water partition coefficient (Wildman–Crippen LogP) is 0.388. The second-order valence-corrected chi connectivity index (χ2v) is 5.39. The molecule has 0 aliphatic carbocycles. The van der Waals surface area contributed by atoms with Crippen LogP contribution in [0.2, 0.25) is 0 Å². The number of aromatic nitrogens is 4. The van der Waals surface area contributed by atoms with E-state index in [1.54, 1.807) is 6.07 Å². The van der Waals surface area contributed by atoms with Gasteiger partial charge < -0.3 is 10.6 Å². The lowest BCUT2D eigenvalue weighted by Crippen LogP contribution is -2.37. The predicted molar refractivity (Wildman–Crippen MR) is 94.2 cm³/mol. The molecule has 0 radical (unpaired) electrons. The molecule has 0 bridgehead atoms. The van der Waals surface area contributed by atoms with Crippen molar-refractivity contribution in [2.45, 2.75) is 6.54 Å². The van der Waals surface area contributed by atoms with Crippen LogP contribution in [0.3, 0.4) is 0 Å². The first-order valence-electron chi connectivity index (χ1n) is 7.81. The Morgan fingerprint density at radius 1 is 1.08 bits per heavy atom. The van der Waals surface area contributed by atoms with Gasteiger partial charge >= 0.3 is 0 Å². The number of amides is 2. The highest BCUT2D eigenvalue weighted by Gasteiger charge is 2.10. The number of carbonyl (C=O) groups is 2. The third-order valence-corrected chi connectivity index (χ3v) is 3.46. The van der Waals surface area contributed by atoms with E-state index in [0.717, 1.165) is 10.2 Å². The van der Waals surface area contributed by atoms with E-state index in [4.69, 9.17) is 0 Å². The maximum Gasteiger partial charge on any atom is 0.267 e. The molecule has 2 aromatic heterocycles. The van der Waals surface area contributed by atoms with Crippen molar-refractivity contribution in [1.29, 1.82) is 0 Å². The number of hydrogen-bond donors (Lipinski definition) is 3. The van der Waals surface area contributed by atoms with Gasteiger partial charge in [0, 0.05) is 17.8 Å². The van der Waals surface area contributed by atoms with E-state index in [-0.39, 0.29) is 13.1 Å². The van der Waals surface area contributed by atoms with Gasteiger partial charge in [0.05, 0.1) is 24.1 Å². The average Bonchev–Trinajstić information content (AvgIpc) is 3.15. The van der Waals surface area contributed by atoms with Crippen molar-refractivity contribution in [3.05, 3.63) is 65.2 Å². The van der Waals surface area contributed by atoms with Crippen LogP contribution in [0.15, 0.2) is 59.7 Å². The number of nitrogens with one attached hydrogen (secondary N) is 3. The molecule has 2 amide bonds. The first-order valence-corrected chi connectivity index (χ1v) is 7.81. The number of benzene rings is 1. The molecule has 9 nitrogen and oxygen atoms in total. The summed E-state index contributed by atoms with van der Waals surface area (Å²) in [7, 11) is 0. The Morgan fingerprint density at radius 2 is 1.88 bits per heavy atom. The van der Waals surface area contributed by atoms with Crippen LogP contribution in [-0.2, 0) is 16.1 Å². The van der Waals surface area contributed by atoms with Crippen molar-refractivity contribution in [2.24, 2.45) is 0 Å². The van der Waals surface area contributed by atoms with Gasteiger partial charge in [-0.1, -0.05) is 30.3 Å². The van der Waals surface area contributed by atoms with Gasteiger partial charge in [0.1, 0.15) is 6.54 Å². The number of carbonyl (C=O) groups excluding carboxylic acids is 2. The fourth-order valence-corrected chi connectivity index (χ4v) is 2.22. The van der Waals surface area contributed by atoms with Crippen LogP contribution in [0, 0.1) is 0 Å². The molecular weight excluding hydrogens is 336 g/mol. The standard InChI is InChI=1S/C17H16N6O3/c24-15(21-13-8-19-20-9-13)10-18-16(25)11-23-17(26)7-6-14(22-23)12-4-2-1-3-5-12/h1-9H,10-11H2,(H,18,25)(H,19,20)(H,21,24). The summed E-state index contributed by atoms with van der Waals surface area (Å²) in [5.41, 5.74) is 1.51. The van der Waals surface area contributed by atoms with Crippen molar-refractivity contribution >= 4 is 17.5 Å². The van der Waals surface area contributed by atoms with Crippen LogP contribution in [0.1, 0.15) is 0 Å². The summed E-state index contributed by atoms with van der Waals surface area (Å²) >= 11 is 0. The molecule has 0 aliphatic heterocycles. The van der Waals surface area contributed by atoms with Crippen molar-refractivity contribution in [1.82, 2.24) is 25.3 Å². The van der Waals surface area contributed by atoms with E-state index in [1.807, 2.05) is 30.3 Å². The molecule has 3 N–H and O–H groups in total. The molecule has 3 aromatic rings. The minimum absolute atomic E-state index is 0.225. The molecule has 26 heavy (non-hydrogen) atoms. The molecular formula is C17H16N6O3. The summed E-state index contributed by atoms with van der Waals surface area (Å²) in [5.74, 6) is -0.898. The molecule has 0 fully saturated rings. The van der Waals surface area contributed by atoms with Crippen LogP contribution in [0.25, 0.3) is 11.3 Å². The lowest BCUT2D eigenvalue weighted by Gasteiger charge is -2.08. The molecule has 0 aliphatic rings. The normalized spacial score (nSPS) is 10.3. The highest BCUT2D eigenvalue weighted by Crippen LogP contribution is 2.13. The molecule has 0 atom stereocenters. The molecule has 2 heterocycles. The molecule has 1 aromatic carbocycles. The lowest BCUT2D eigenvalue weighted by molar-refractivity contribution is -0.124. The third-order valence-electron chi connectivity index (χ3n) is 3.46. The van der Waals surface area contributed by atoms with Crippen molar-refractivity contribution in [3.63, 3.8) is 0 Å². The van der Waals surface area contributed by atoms with Crippen LogP contribution >= 0.6 is 0 Å². The minimum atomic E-state index is -0.493. The largest absolute Gasteiger partial charge is 0.345 e. The Labute approximate surface area is 148 Å². The molecule has 132 valence electrons. The number of nitrogens with zero attached hydrogens (tertiary/aromatic N) is 3. The second kappa shape index (κ2) is 7.88. The SMILES string of the molecule is O=C(Cn1nc(-c2ccccc2)ccc1=O)NCC(=O)Nc1cn[nH]c1. The summed E-state index contributed by atoms with van der Waals surface area (Å²) in [6, 6.07) is 12.3. The van der Waals surface area contributed by atoms with Gasteiger partial charge in [0.25, 0.3) is 5.56 Å². The van der Waals surface area contributed by atoms with Gasteiger partial charge in [0.2, 0.25) is 11.8 Å². The van der Waals surface area contributed by atoms with E-state index < -0.39 is 17.4 Å². The molecule has 3 rings (SSSR count). The van der Waals surface area contributed by atoms with Gasteiger partial charge in [-0.3, -0.25) is 19.5 Å². The average molecular weight is 352 g/mol. The zero-order valence-corrected chi connectivity index (χ0v) is 13.7. The van der Waals surface area contributed by atoms with Gasteiger partial charge in [-0.05, 0) is 6.07 Å². The number of rotatable bonds is 6. The Kier molecular flexibility index (Phi) is 5.18. The monoisotopic (exact) mass is 352 g/mol. The Hall–Kier alpha value is -3.75. The fraction of sp³-hybridized carbons (Fsp3) is 0.118. The summed E-state index contributed by atoms with van der Waals surface area (Å²) in [6.07, 6.45) is 2.95. The maximum atomic E-state index is 12.0. The Balaban J connectivity index is 1.60. The van der Waals surface area contributed by atoms with E-state index in [0.29, 0.717) is 11.4 Å². The van der Waals surface area contributed by atoms with Gasteiger partial charge in [0.15, 0.2) is 0 Å². The van der Waals surface area contributed by atoms with Gasteiger partial charge in [-0.25, -0.2) is 4.68 Å². The van der Waals surface area contributed by atoms with Crippen molar-refractivity contribution in [3.8, 4) is 11.3 Å².